The van der Waals surface area contributed by atoms with Gasteiger partial charge in [0.05, 0.1) is 11.9 Å². The van der Waals surface area contributed by atoms with Crippen LogP contribution in [0.5, 0.6) is 0 Å². The van der Waals surface area contributed by atoms with E-state index in [0.29, 0.717) is 12.5 Å². The van der Waals surface area contributed by atoms with Crippen LogP contribution in [0.15, 0.2) is 0 Å². The second kappa shape index (κ2) is 3.47. The number of nitrogens with zero attached hydrogens (tertiary/aromatic N) is 2. The Hall–Kier alpha value is -0.875. The lowest BCUT2D eigenvalue weighted by molar-refractivity contribution is 0.422. The van der Waals surface area contributed by atoms with Crippen LogP contribution >= 0.6 is 11.3 Å². The van der Waals surface area contributed by atoms with Gasteiger partial charge < -0.3 is 15.3 Å². The quantitative estimate of drug-likeness (QED) is 0.516. The molecular formula is C7H10BN3OS. The van der Waals surface area contributed by atoms with Crippen LogP contribution in [0, 0.1) is 0 Å². The molecule has 1 aromatic rings. The highest BCUT2D eigenvalue weighted by atomic mass is 32.1. The zero-order valence-corrected chi connectivity index (χ0v) is 8.01. The molecule has 0 spiro atoms. The maximum atomic E-state index is 10.3. The molecule has 2 rings (SSSR count). The Morgan fingerprint density at radius 2 is 2.54 bits per heavy atom. The van der Waals surface area contributed by atoms with E-state index in [9.17, 15) is 4.79 Å². The first-order chi connectivity index (χ1) is 6.29. The Morgan fingerprint density at radius 1 is 1.69 bits per heavy atom. The zero-order valence-electron chi connectivity index (χ0n) is 7.19. The van der Waals surface area contributed by atoms with Crippen LogP contribution in [-0.4, -0.2) is 29.9 Å². The Labute approximate surface area is 81.0 Å². The molecule has 0 saturated heterocycles. The van der Waals surface area contributed by atoms with E-state index in [2.05, 4.69) is 9.79 Å². The van der Waals surface area contributed by atoms with Crippen LogP contribution in [-0.2, 0) is 17.8 Å². The van der Waals surface area contributed by atoms with Crippen LogP contribution in [0.4, 0.5) is 5.13 Å². The lowest BCUT2D eigenvalue weighted by Crippen LogP contribution is -2.33. The normalized spacial score (nSPS) is 16.6. The third-order valence-corrected chi connectivity index (χ3v) is 3.07. The highest BCUT2D eigenvalue weighted by Crippen LogP contribution is 2.25. The third kappa shape index (κ3) is 1.73. The molecule has 0 bridgehead atoms. The van der Waals surface area contributed by atoms with Crippen LogP contribution in [0.1, 0.15) is 10.6 Å². The minimum atomic E-state index is 0.511. The van der Waals surface area contributed by atoms with Crippen molar-refractivity contribution in [3.63, 3.8) is 0 Å². The molecule has 6 heteroatoms. The molecule has 0 atom stereocenters. The smallest absolute Gasteiger partial charge is 0.281 e. The molecule has 68 valence electrons. The zero-order chi connectivity index (χ0) is 9.26. The minimum absolute atomic E-state index is 0.511. The van der Waals surface area contributed by atoms with Crippen molar-refractivity contribution in [1.82, 2.24) is 9.79 Å². The number of anilines is 1. The highest BCUT2D eigenvalue weighted by molar-refractivity contribution is 7.15. The van der Waals surface area contributed by atoms with Crippen molar-refractivity contribution in [1.29, 1.82) is 0 Å². The second-order valence-electron chi connectivity index (χ2n) is 3.07. The number of nitrogen functional groups attached to an aromatic ring is 1. The Balaban J connectivity index is 2.14. The number of hydrogen-bond donors (Lipinski definition) is 1. The van der Waals surface area contributed by atoms with Gasteiger partial charge in [0.25, 0.3) is 7.41 Å². The summed E-state index contributed by atoms with van der Waals surface area (Å²) in [5, 5.41) is 0.637. The number of carbonyl (C=O) groups excluding carboxylic acids is 1. The van der Waals surface area contributed by atoms with Gasteiger partial charge in [-0.05, 0) is 6.54 Å². The summed E-state index contributed by atoms with van der Waals surface area (Å²) in [6, 6.07) is 0. The van der Waals surface area contributed by atoms with Crippen LogP contribution < -0.4 is 5.73 Å². The summed E-state index contributed by atoms with van der Waals surface area (Å²) in [5.41, 5.74) is 6.71. The topological polar surface area (TPSA) is 59.2 Å². The molecule has 1 aliphatic heterocycles. The van der Waals surface area contributed by atoms with E-state index in [-0.39, 0.29) is 0 Å². The van der Waals surface area contributed by atoms with E-state index in [1.54, 1.807) is 0 Å². The highest BCUT2D eigenvalue weighted by Gasteiger charge is 2.19. The van der Waals surface area contributed by atoms with E-state index >= 15 is 0 Å². The maximum absolute atomic E-state index is 10.3. The number of fused-ring (bicyclic) bond motifs is 1. The second-order valence-corrected chi connectivity index (χ2v) is 4.19. The summed E-state index contributed by atoms with van der Waals surface area (Å²) in [7, 11) is 0.511. The lowest BCUT2D eigenvalue weighted by Gasteiger charge is -2.22. The van der Waals surface area contributed by atoms with Gasteiger partial charge in [-0.3, -0.25) is 0 Å². The number of carbonyl (C=O) groups is 1. The fraction of sp³-hybridized carbons (Fsp3) is 0.429. The predicted octanol–water partition coefficient (Wildman–Crippen LogP) is -0.375. The standard InChI is InChI=1S/C7H10BN3OS/c9-7-10-5-1-2-11(8-4-12)3-6(5)13-7/h4,8H,1-3H2,(H2,9,10). The fourth-order valence-corrected chi connectivity index (χ4v) is 2.45. The van der Waals surface area contributed by atoms with E-state index in [4.69, 9.17) is 5.73 Å². The molecule has 1 aromatic heterocycles. The average molecular weight is 195 g/mol. The summed E-state index contributed by atoms with van der Waals surface area (Å²) in [6.07, 6.45) is 1.85. The molecule has 2 N–H and O–H groups in total. The number of thiazole rings is 1. The van der Waals surface area contributed by atoms with Crippen molar-refractivity contribution in [2.45, 2.75) is 13.0 Å². The van der Waals surface area contributed by atoms with E-state index in [1.165, 1.54) is 16.2 Å². The van der Waals surface area contributed by atoms with Crippen molar-refractivity contribution < 1.29 is 4.79 Å². The molecule has 1 aliphatic rings. The molecular weight excluding hydrogens is 185 g/mol. The molecule has 0 radical (unpaired) electrons. The van der Waals surface area contributed by atoms with E-state index in [1.807, 2.05) is 0 Å². The largest absolute Gasteiger partial charge is 0.375 e. The number of rotatable bonds is 2. The van der Waals surface area contributed by atoms with Gasteiger partial charge in [0.1, 0.15) is 0 Å². The maximum Gasteiger partial charge on any atom is 0.281 e. The van der Waals surface area contributed by atoms with Gasteiger partial charge in [-0.25, -0.2) is 4.98 Å². The molecule has 0 fully saturated rings. The van der Waals surface area contributed by atoms with Gasteiger partial charge in [0, 0.05) is 17.8 Å². The number of aromatic nitrogens is 1. The van der Waals surface area contributed by atoms with Crippen molar-refractivity contribution in [3.05, 3.63) is 10.6 Å². The minimum Gasteiger partial charge on any atom is -0.375 e. The number of hydrogen-bond acceptors (Lipinski definition) is 5. The van der Waals surface area contributed by atoms with E-state index in [0.717, 1.165) is 31.4 Å². The lowest BCUT2D eigenvalue weighted by atomic mass is 9.92. The molecule has 0 aliphatic carbocycles. The molecule has 4 nitrogen and oxygen atoms in total. The van der Waals surface area contributed by atoms with E-state index < -0.39 is 0 Å². The number of nitrogens with two attached hydrogens (primary N) is 1. The molecule has 2 heterocycles. The first-order valence-electron chi connectivity index (χ1n) is 4.19. The Kier molecular flexibility index (Phi) is 2.33. The van der Waals surface area contributed by atoms with Gasteiger partial charge in [-0.2, -0.15) is 0 Å². The van der Waals surface area contributed by atoms with Crippen LogP contribution in [0.25, 0.3) is 0 Å². The predicted molar refractivity (Wildman–Crippen MR) is 54.5 cm³/mol. The summed E-state index contributed by atoms with van der Waals surface area (Å²) in [4.78, 5) is 17.9. The Morgan fingerprint density at radius 3 is 3.31 bits per heavy atom. The molecule has 0 saturated carbocycles. The SMILES string of the molecule is Nc1nc2c(s1)CN(BC=O)CC2. The fourth-order valence-electron chi connectivity index (χ4n) is 1.53. The van der Waals surface area contributed by atoms with Gasteiger partial charge in [-0.15, -0.1) is 11.3 Å². The van der Waals surface area contributed by atoms with Gasteiger partial charge >= 0.3 is 0 Å². The average Bonchev–Trinajstić information content (AvgIpc) is 2.44. The van der Waals surface area contributed by atoms with Gasteiger partial charge in [-0.1, -0.05) is 0 Å². The molecule has 0 amide bonds. The monoisotopic (exact) mass is 195 g/mol. The third-order valence-electron chi connectivity index (χ3n) is 2.16. The summed E-state index contributed by atoms with van der Waals surface area (Å²) in [6.45, 7) is 1.73. The first kappa shape index (κ1) is 8.71. The summed E-state index contributed by atoms with van der Waals surface area (Å²) >= 11 is 1.53. The van der Waals surface area contributed by atoms with Gasteiger partial charge in [0.2, 0.25) is 0 Å². The molecule has 0 unspecified atom stereocenters. The van der Waals surface area contributed by atoms with Crippen LogP contribution in [0.3, 0.4) is 0 Å². The Bertz CT molecular complexity index is 328. The summed E-state index contributed by atoms with van der Waals surface area (Å²) < 4.78 is 0. The van der Waals surface area contributed by atoms with Gasteiger partial charge in [0.15, 0.2) is 5.13 Å². The van der Waals surface area contributed by atoms with Crippen molar-refractivity contribution in [2.75, 3.05) is 12.3 Å². The van der Waals surface area contributed by atoms with Crippen LogP contribution in [0.2, 0.25) is 0 Å². The summed E-state index contributed by atoms with van der Waals surface area (Å²) in [5.74, 6) is 0. The van der Waals surface area contributed by atoms with Crippen molar-refractivity contribution in [3.8, 4) is 0 Å². The molecule has 13 heavy (non-hydrogen) atoms. The van der Waals surface area contributed by atoms with Crippen molar-refractivity contribution in [2.24, 2.45) is 0 Å². The molecule has 0 aromatic carbocycles. The van der Waals surface area contributed by atoms with Crippen molar-refractivity contribution >= 4 is 30.1 Å². The first-order valence-corrected chi connectivity index (χ1v) is 5.01.